The third-order valence-corrected chi connectivity index (χ3v) is 4.62. The number of oxazole rings is 1. The van der Waals surface area contributed by atoms with E-state index in [9.17, 15) is 4.79 Å². The maximum atomic E-state index is 11.2. The number of rotatable bonds is 2. The van der Waals surface area contributed by atoms with Crippen molar-refractivity contribution in [3.8, 4) is 0 Å². The van der Waals surface area contributed by atoms with Gasteiger partial charge in [0.05, 0.1) is 10.3 Å². The van der Waals surface area contributed by atoms with Gasteiger partial charge in [-0.05, 0) is 48.2 Å². The van der Waals surface area contributed by atoms with Crippen LogP contribution < -0.4 is 5.76 Å². The van der Waals surface area contributed by atoms with Crippen LogP contribution in [0.4, 0.5) is 0 Å². The Morgan fingerprint density at radius 3 is 2.50 bits per heavy atom. The second kappa shape index (κ2) is 4.94. The van der Waals surface area contributed by atoms with Gasteiger partial charge in [-0.2, -0.15) is 0 Å². The lowest BCUT2D eigenvalue weighted by Crippen LogP contribution is -1.94. The molecule has 20 heavy (non-hydrogen) atoms. The molecule has 1 N–H and O–H groups in total. The first-order valence-electron chi connectivity index (χ1n) is 6.38. The average molecular weight is 332 g/mol. The second-order valence-corrected chi connectivity index (χ2v) is 5.89. The molecule has 102 valence electrons. The zero-order valence-corrected chi connectivity index (χ0v) is 12.8. The molecular formula is C16H14BrNO2. The van der Waals surface area contributed by atoms with Crippen LogP contribution in [0.15, 0.2) is 45.6 Å². The van der Waals surface area contributed by atoms with Crippen molar-refractivity contribution in [2.75, 3.05) is 0 Å². The lowest BCUT2D eigenvalue weighted by atomic mass is 10.0. The Hall–Kier alpha value is -1.81. The summed E-state index contributed by atoms with van der Waals surface area (Å²) in [5.41, 5.74) is 6.09. The van der Waals surface area contributed by atoms with Crippen LogP contribution in [0, 0.1) is 13.8 Å². The number of hydrogen-bond acceptors (Lipinski definition) is 2. The minimum atomic E-state index is -0.422. The number of aryl methyl sites for hydroxylation is 2. The minimum absolute atomic E-state index is 0.0754. The normalized spacial score (nSPS) is 12.8. The number of hydrogen-bond donors (Lipinski definition) is 1. The van der Waals surface area contributed by atoms with Gasteiger partial charge in [0.25, 0.3) is 0 Å². The van der Waals surface area contributed by atoms with E-state index < -0.39 is 5.76 Å². The van der Waals surface area contributed by atoms with Crippen LogP contribution in [0.25, 0.3) is 11.1 Å². The molecule has 1 unspecified atom stereocenters. The molecule has 3 aromatic rings. The van der Waals surface area contributed by atoms with Crippen LogP contribution in [0.5, 0.6) is 0 Å². The standard InChI is InChI=1S/C16H14BrNO2/c1-9-3-4-11(7-10(9)2)15(17)12-5-6-13-14(8-12)20-16(19)18-13/h3-8,15H,1-2H3,(H,18,19). The van der Waals surface area contributed by atoms with Crippen molar-refractivity contribution in [2.45, 2.75) is 18.7 Å². The van der Waals surface area contributed by atoms with E-state index in [4.69, 9.17) is 4.42 Å². The Balaban J connectivity index is 2.04. The molecule has 0 aliphatic carbocycles. The molecule has 0 aliphatic rings. The van der Waals surface area contributed by atoms with Crippen molar-refractivity contribution in [3.05, 3.63) is 69.2 Å². The van der Waals surface area contributed by atoms with Gasteiger partial charge in [0.1, 0.15) is 0 Å². The van der Waals surface area contributed by atoms with E-state index >= 15 is 0 Å². The molecule has 4 heteroatoms. The summed E-state index contributed by atoms with van der Waals surface area (Å²) in [7, 11) is 0. The highest BCUT2D eigenvalue weighted by Gasteiger charge is 2.13. The highest BCUT2D eigenvalue weighted by molar-refractivity contribution is 9.09. The van der Waals surface area contributed by atoms with Crippen LogP contribution in [0.2, 0.25) is 0 Å². The molecule has 3 rings (SSSR count). The average Bonchev–Trinajstić information content (AvgIpc) is 2.80. The topological polar surface area (TPSA) is 46.0 Å². The summed E-state index contributed by atoms with van der Waals surface area (Å²) in [5, 5.41) is 0. The van der Waals surface area contributed by atoms with Crippen molar-refractivity contribution >= 4 is 27.0 Å². The maximum absolute atomic E-state index is 11.2. The second-order valence-electron chi connectivity index (χ2n) is 4.98. The van der Waals surface area contributed by atoms with Gasteiger partial charge in [0, 0.05) is 0 Å². The fourth-order valence-corrected chi connectivity index (χ4v) is 2.80. The molecule has 1 atom stereocenters. The Morgan fingerprint density at radius 2 is 1.75 bits per heavy atom. The van der Waals surface area contributed by atoms with Gasteiger partial charge in [0.15, 0.2) is 5.58 Å². The molecule has 1 aromatic heterocycles. The van der Waals surface area contributed by atoms with Crippen LogP contribution in [-0.2, 0) is 0 Å². The Morgan fingerprint density at radius 1 is 1.05 bits per heavy atom. The summed E-state index contributed by atoms with van der Waals surface area (Å²) in [5.74, 6) is -0.422. The summed E-state index contributed by atoms with van der Waals surface area (Å²) in [4.78, 5) is 13.9. The summed E-state index contributed by atoms with van der Waals surface area (Å²) in [6, 6.07) is 12.1. The van der Waals surface area contributed by atoms with Crippen molar-refractivity contribution < 1.29 is 4.42 Å². The lowest BCUT2D eigenvalue weighted by molar-refractivity contribution is 0.555. The minimum Gasteiger partial charge on any atom is -0.408 e. The van der Waals surface area contributed by atoms with E-state index in [0.717, 1.165) is 11.1 Å². The Labute approximate surface area is 124 Å². The fraction of sp³-hybridized carbons (Fsp3) is 0.188. The SMILES string of the molecule is Cc1ccc(C(Br)c2ccc3[nH]c(=O)oc3c2)cc1C. The van der Waals surface area contributed by atoms with Crippen molar-refractivity contribution in [3.63, 3.8) is 0 Å². The molecule has 3 nitrogen and oxygen atoms in total. The quantitative estimate of drug-likeness (QED) is 0.714. The summed E-state index contributed by atoms with van der Waals surface area (Å²) in [6.45, 7) is 4.20. The number of aromatic amines is 1. The number of halogens is 1. The molecule has 0 saturated carbocycles. The van der Waals surface area contributed by atoms with Crippen molar-refractivity contribution in [1.29, 1.82) is 0 Å². The van der Waals surface area contributed by atoms with Gasteiger partial charge >= 0.3 is 5.76 Å². The number of nitrogens with one attached hydrogen (secondary N) is 1. The predicted molar refractivity (Wildman–Crippen MR) is 83.5 cm³/mol. The van der Waals surface area contributed by atoms with E-state index in [2.05, 4.69) is 53.0 Å². The molecule has 0 bridgehead atoms. The van der Waals surface area contributed by atoms with Gasteiger partial charge in [-0.15, -0.1) is 0 Å². The molecule has 1 heterocycles. The first kappa shape index (κ1) is 13.2. The fourth-order valence-electron chi connectivity index (χ4n) is 2.23. The molecule has 0 aliphatic heterocycles. The number of fused-ring (bicyclic) bond motifs is 1. The monoisotopic (exact) mass is 331 g/mol. The molecule has 0 spiro atoms. The third kappa shape index (κ3) is 2.31. The predicted octanol–water partition coefficient (Wildman–Crippen LogP) is 4.22. The number of benzene rings is 2. The molecular weight excluding hydrogens is 318 g/mol. The number of H-pyrrole nitrogens is 1. The Bertz CT molecular complexity index is 832. The maximum Gasteiger partial charge on any atom is 0.417 e. The summed E-state index contributed by atoms with van der Waals surface area (Å²) < 4.78 is 5.11. The van der Waals surface area contributed by atoms with Gasteiger partial charge in [-0.3, -0.25) is 4.98 Å². The Kier molecular flexibility index (Phi) is 3.26. The van der Waals surface area contributed by atoms with Gasteiger partial charge in [0.2, 0.25) is 0 Å². The zero-order chi connectivity index (χ0) is 14.3. The van der Waals surface area contributed by atoms with E-state index in [-0.39, 0.29) is 4.83 Å². The highest BCUT2D eigenvalue weighted by atomic mass is 79.9. The lowest BCUT2D eigenvalue weighted by Gasteiger charge is -2.12. The molecule has 0 fully saturated rings. The number of alkyl halides is 1. The summed E-state index contributed by atoms with van der Waals surface area (Å²) in [6.07, 6.45) is 0. The zero-order valence-electron chi connectivity index (χ0n) is 11.2. The smallest absolute Gasteiger partial charge is 0.408 e. The van der Waals surface area contributed by atoms with Gasteiger partial charge < -0.3 is 4.42 Å². The number of aromatic nitrogens is 1. The van der Waals surface area contributed by atoms with E-state index in [1.54, 1.807) is 0 Å². The molecule has 0 radical (unpaired) electrons. The van der Waals surface area contributed by atoms with E-state index in [1.165, 1.54) is 16.7 Å². The van der Waals surface area contributed by atoms with Crippen molar-refractivity contribution in [1.82, 2.24) is 4.98 Å². The molecule has 0 amide bonds. The molecule has 0 saturated heterocycles. The first-order chi connectivity index (χ1) is 9.54. The summed E-state index contributed by atoms with van der Waals surface area (Å²) >= 11 is 3.72. The van der Waals surface area contributed by atoms with E-state index in [0.29, 0.717) is 5.58 Å². The molecule has 2 aromatic carbocycles. The first-order valence-corrected chi connectivity index (χ1v) is 7.30. The van der Waals surface area contributed by atoms with Crippen LogP contribution in [0.3, 0.4) is 0 Å². The van der Waals surface area contributed by atoms with Crippen LogP contribution in [0.1, 0.15) is 27.1 Å². The van der Waals surface area contributed by atoms with Crippen molar-refractivity contribution in [2.24, 2.45) is 0 Å². The third-order valence-electron chi connectivity index (χ3n) is 3.56. The van der Waals surface area contributed by atoms with Gasteiger partial charge in [-0.1, -0.05) is 40.2 Å². The largest absolute Gasteiger partial charge is 0.417 e. The van der Waals surface area contributed by atoms with Gasteiger partial charge in [-0.25, -0.2) is 4.79 Å². The van der Waals surface area contributed by atoms with Crippen LogP contribution in [-0.4, -0.2) is 4.98 Å². The van der Waals surface area contributed by atoms with Crippen LogP contribution >= 0.6 is 15.9 Å². The highest BCUT2D eigenvalue weighted by Crippen LogP contribution is 2.32. The van der Waals surface area contributed by atoms with E-state index in [1.807, 2.05) is 18.2 Å².